The Balaban J connectivity index is 5.24. The highest BCUT2D eigenvalue weighted by Crippen LogP contribution is 2.45. The Hall–Kier alpha value is -1.94. The molecule has 0 rings (SSSR count). The molecule has 0 heterocycles. The van der Waals surface area contributed by atoms with Gasteiger partial charge >= 0.3 is 39.5 Å². The summed E-state index contributed by atoms with van der Waals surface area (Å²) in [5, 5.41) is 10.7. The first kappa shape index (κ1) is 103. The van der Waals surface area contributed by atoms with E-state index in [4.69, 9.17) is 37.0 Å². The van der Waals surface area contributed by atoms with Crippen LogP contribution in [0, 0.1) is 11.8 Å². The van der Waals surface area contributed by atoms with Crippen LogP contribution in [0.2, 0.25) is 0 Å². The van der Waals surface area contributed by atoms with Crippen molar-refractivity contribution in [2.45, 2.75) is 477 Å². The summed E-state index contributed by atoms with van der Waals surface area (Å²) in [4.78, 5) is 73.2. The van der Waals surface area contributed by atoms with Crippen LogP contribution in [0.5, 0.6) is 0 Å². The molecule has 624 valence electrons. The molecule has 3 N–H and O–H groups in total. The minimum absolute atomic E-state index is 0.108. The standard InChI is InChI=1S/C86H168O17P2/c1-7-9-11-13-15-17-19-21-23-24-25-26-27-28-29-30-34-39-47-53-59-65-71-86(91)102-81(74-96-83(88)68-62-56-50-44-37-35-31-32-36-42-48-54-60-66-78(3)4)76-100-104(92,93)98-72-80(87)73-99-105(94,95)101-77-82(75-97-84(89)69-63-57-51-45-41-40-43-49-55-61-67-79(5)6)103-85(90)70-64-58-52-46-38-33-22-20-18-16-14-12-10-8-2/h78-82,87H,7-77H2,1-6H3,(H,92,93)(H,94,95)/t80-,81-,82-/m1/s1. The lowest BCUT2D eigenvalue weighted by molar-refractivity contribution is -0.161. The van der Waals surface area contributed by atoms with Crippen LogP contribution in [0.1, 0.15) is 459 Å². The van der Waals surface area contributed by atoms with E-state index in [2.05, 4.69) is 41.5 Å². The van der Waals surface area contributed by atoms with Crippen LogP contribution in [0.15, 0.2) is 0 Å². The first-order valence-corrected chi connectivity index (χ1v) is 47.5. The monoisotopic (exact) mass is 1540 g/mol. The zero-order valence-corrected chi connectivity index (χ0v) is 70.8. The normalized spacial score (nSPS) is 13.8. The molecule has 0 fully saturated rings. The summed E-state index contributed by atoms with van der Waals surface area (Å²) in [5.41, 5.74) is 0. The summed E-state index contributed by atoms with van der Waals surface area (Å²) in [6.45, 7) is 9.68. The van der Waals surface area contributed by atoms with E-state index in [1.54, 1.807) is 0 Å². The van der Waals surface area contributed by atoms with Crippen LogP contribution in [-0.2, 0) is 65.4 Å². The number of rotatable bonds is 85. The Morgan fingerprint density at radius 2 is 0.438 bits per heavy atom. The van der Waals surface area contributed by atoms with Crippen LogP contribution in [0.4, 0.5) is 0 Å². The number of aliphatic hydroxyl groups excluding tert-OH is 1. The number of carbonyl (C=O) groups is 4. The molecule has 0 bridgehead atoms. The molecule has 0 spiro atoms. The molecule has 0 aromatic heterocycles. The van der Waals surface area contributed by atoms with Crippen LogP contribution in [0.25, 0.3) is 0 Å². The van der Waals surface area contributed by atoms with E-state index in [0.717, 1.165) is 102 Å². The van der Waals surface area contributed by atoms with E-state index < -0.39 is 97.5 Å². The molecule has 0 saturated heterocycles. The van der Waals surface area contributed by atoms with Crippen molar-refractivity contribution in [2.24, 2.45) is 11.8 Å². The molecule has 19 heteroatoms. The molecule has 0 aromatic rings. The highest BCUT2D eigenvalue weighted by atomic mass is 31.2. The van der Waals surface area contributed by atoms with Crippen molar-refractivity contribution in [3.05, 3.63) is 0 Å². The fourth-order valence-corrected chi connectivity index (χ4v) is 15.0. The maximum absolute atomic E-state index is 13.1. The number of hydrogen-bond donors (Lipinski definition) is 3. The average Bonchev–Trinajstić information content (AvgIpc) is 0.940. The fourth-order valence-electron chi connectivity index (χ4n) is 13.4. The fraction of sp³-hybridized carbons (Fsp3) is 0.953. The van der Waals surface area contributed by atoms with Gasteiger partial charge < -0.3 is 33.8 Å². The lowest BCUT2D eigenvalue weighted by Crippen LogP contribution is -2.30. The third kappa shape index (κ3) is 79.9. The Kier molecular flexibility index (Phi) is 76.0. The van der Waals surface area contributed by atoms with Crippen LogP contribution >= 0.6 is 15.6 Å². The third-order valence-corrected chi connectivity index (χ3v) is 22.1. The van der Waals surface area contributed by atoms with Gasteiger partial charge in [-0.2, -0.15) is 0 Å². The van der Waals surface area contributed by atoms with Gasteiger partial charge in [-0.25, -0.2) is 9.13 Å². The first-order chi connectivity index (χ1) is 50.9. The summed E-state index contributed by atoms with van der Waals surface area (Å²) in [7, 11) is -9.93. The number of aliphatic hydroxyl groups is 1. The van der Waals surface area contributed by atoms with E-state index >= 15 is 0 Å². The predicted molar refractivity (Wildman–Crippen MR) is 432 cm³/mol. The molecule has 0 radical (unpaired) electrons. The SMILES string of the molecule is CCCCCCCCCCCCCCCCCCCCCCCCC(=O)O[C@H](COC(=O)CCCCCCCCCCCCCCCC(C)C)COP(=O)(O)OC[C@@H](O)COP(=O)(O)OC[C@@H](COC(=O)CCCCCCCCCCCCC(C)C)OC(=O)CCCCCCCCCCCCCCCC. The quantitative estimate of drug-likeness (QED) is 0.0222. The molecule has 0 aliphatic heterocycles. The zero-order chi connectivity index (χ0) is 77.1. The summed E-state index contributed by atoms with van der Waals surface area (Å²) < 4.78 is 68.9. The van der Waals surface area contributed by atoms with Gasteiger partial charge in [0, 0.05) is 25.7 Å². The molecule has 0 aliphatic carbocycles. The maximum Gasteiger partial charge on any atom is 0.472 e. The Morgan fingerprint density at radius 3 is 0.648 bits per heavy atom. The van der Waals surface area contributed by atoms with Crippen LogP contribution in [-0.4, -0.2) is 96.7 Å². The van der Waals surface area contributed by atoms with Gasteiger partial charge in [-0.3, -0.25) is 37.3 Å². The molecule has 0 saturated carbocycles. The number of hydrogen-bond acceptors (Lipinski definition) is 15. The van der Waals surface area contributed by atoms with Crippen molar-refractivity contribution in [2.75, 3.05) is 39.6 Å². The molecule has 5 atom stereocenters. The summed E-state index contributed by atoms with van der Waals surface area (Å²) in [5.74, 6) is -0.552. The molecule has 2 unspecified atom stereocenters. The number of unbranched alkanes of at least 4 members (excludes halogenated alkanes) is 55. The Labute approximate surface area is 645 Å². The van der Waals surface area contributed by atoms with Crippen molar-refractivity contribution in [3.63, 3.8) is 0 Å². The van der Waals surface area contributed by atoms with E-state index in [0.29, 0.717) is 25.7 Å². The van der Waals surface area contributed by atoms with Crippen molar-refractivity contribution in [3.8, 4) is 0 Å². The van der Waals surface area contributed by atoms with Crippen LogP contribution < -0.4 is 0 Å². The van der Waals surface area contributed by atoms with Gasteiger partial charge in [0.25, 0.3) is 0 Å². The van der Waals surface area contributed by atoms with Gasteiger partial charge in [0.2, 0.25) is 0 Å². The second-order valence-corrected chi connectivity index (χ2v) is 34.8. The maximum atomic E-state index is 13.1. The Bertz CT molecular complexity index is 2010. The molecular weight excluding hydrogens is 1370 g/mol. The second-order valence-electron chi connectivity index (χ2n) is 31.9. The minimum atomic E-state index is -4.97. The molecule has 17 nitrogen and oxygen atoms in total. The van der Waals surface area contributed by atoms with Gasteiger partial charge in [-0.1, -0.05) is 408 Å². The highest BCUT2D eigenvalue weighted by molar-refractivity contribution is 7.47. The lowest BCUT2D eigenvalue weighted by atomic mass is 10.0. The first-order valence-electron chi connectivity index (χ1n) is 44.5. The minimum Gasteiger partial charge on any atom is -0.462 e. The number of phosphoric acid groups is 2. The number of phosphoric ester groups is 2. The summed E-state index contributed by atoms with van der Waals surface area (Å²) >= 11 is 0. The van der Waals surface area contributed by atoms with Crippen molar-refractivity contribution in [1.29, 1.82) is 0 Å². The van der Waals surface area contributed by atoms with E-state index in [-0.39, 0.29) is 25.7 Å². The van der Waals surface area contributed by atoms with Crippen molar-refractivity contribution in [1.82, 2.24) is 0 Å². The van der Waals surface area contributed by atoms with Gasteiger partial charge in [-0.05, 0) is 37.5 Å². The third-order valence-electron chi connectivity index (χ3n) is 20.2. The molecular formula is C86H168O17P2. The molecule has 0 aliphatic rings. The molecule has 0 amide bonds. The van der Waals surface area contributed by atoms with Gasteiger partial charge in [0.05, 0.1) is 26.4 Å². The number of esters is 4. The summed E-state index contributed by atoms with van der Waals surface area (Å²) in [6.07, 6.45) is 69.4. The van der Waals surface area contributed by atoms with E-state index in [1.807, 2.05) is 0 Å². The topological polar surface area (TPSA) is 237 Å². The Morgan fingerprint density at radius 1 is 0.257 bits per heavy atom. The van der Waals surface area contributed by atoms with Crippen molar-refractivity contribution < 1.29 is 80.2 Å². The van der Waals surface area contributed by atoms with Gasteiger partial charge in [0.15, 0.2) is 12.2 Å². The molecule has 0 aromatic carbocycles. The van der Waals surface area contributed by atoms with Crippen molar-refractivity contribution >= 4 is 39.5 Å². The average molecular weight is 1540 g/mol. The van der Waals surface area contributed by atoms with Crippen LogP contribution in [0.3, 0.4) is 0 Å². The smallest absolute Gasteiger partial charge is 0.462 e. The van der Waals surface area contributed by atoms with E-state index in [1.165, 1.54) is 276 Å². The summed E-state index contributed by atoms with van der Waals surface area (Å²) in [6, 6.07) is 0. The molecule has 105 heavy (non-hydrogen) atoms. The van der Waals surface area contributed by atoms with Gasteiger partial charge in [-0.15, -0.1) is 0 Å². The zero-order valence-electron chi connectivity index (χ0n) is 69.0. The predicted octanol–water partition coefficient (Wildman–Crippen LogP) is 26.2. The highest BCUT2D eigenvalue weighted by Gasteiger charge is 2.30. The second kappa shape index (κ2) is 77.4. The number of carbonyl (C=O) groups excluding carboxylic acids is 4. The van der Waals surface area contributed by atoms with Gasteiger partial charge in [0.1, 0.15) is 19.3 Å². The number of ether oxygens (including phenoxy) is 4. The van der Waals surface area contributed by atoms with E-state index in [9.17, 15) is 43.2 Å². The lowest BCUT2D eigenvalue weighted by Gasteiger charge is -2.21. The largest absolute Gasteiger partial charge is 0.472 e.